The first-order valence-corrected chi connectivity index (χ1v) is 8.32. The minimum absolute atomic E-state index is 0.102. The highest BCUT2D eigenvalue weighted by Crippen LogP contribution is 2.23. The molecule has 1 N–H and O–H groups in total. The van der Waals surface area contributed by atoms with Crippen molar-refractivity contribution in [1.29, 1.82) is 0 Å². The number of benzene rings is 2. The fourth-order valence-electron chi connectivity index (χ4n) is 2.11. The number of carbonyl (C=O) groups excluding carboxylic acids is 1. The van der Waals surface area contributed by atoms with Gasteiger partial charge in [0.25, 0.3) is 0 Å². The third-order valence-electron chi connectivity index (χ3n) is 3.34. The van der Waals surface area contributed by atoms with Crippen molar-refractivity contribution in [2.24, 2.45) is 0 Å². The predicted octanol–water partition coefficient (Wildman–Crippen LogP) is 4.19. The molecule has 0 fully saturated rings. The van der Waals surface area contributed by atoms with Crippen LogP contribution in [0, 0.1) is 0 Å². The monoisotopic (exact) mass is 402 g/mol. The number of anilines is 1. The average molecular weight is 403 g/mol. The van der Waals surface area contributed by atoms with Gasteiger partial charge in [-0.3, -0.25) is 9.69 Å². The quantitative estimate of drug-likeness (QED) is 0.719. The van der Waals surface area contributed by atoms with Crippen LogP contribution in [0.15, 0.2) is 48.5 Å². The van der Waals surface area contributed by atoms with E-state index >= 15 is 0 Å². The minimum atomic E-state index is -4.75. The Labute approximate surface area is 159 Å². The summed E-state index contributed by atoms with van der Waals surface area (Å²) in [6, 6.07) is 11.9. The van der Waals surface area contributed by atoms with Crippen LogP contribution in [-0.4, -0.2) is 43.9 Å². The topological polar surface area (TPSA) is 50.8 Å². The zero-order valence-electron chi connectivity index (χ0n) is 14.4. The number of rotatable bonds is 8. The number of hydrogen-bond donors (Lipinski definition) is 1. The van der Waals surface area contributed by atoms with E-state index in [1.807, 2.05) is 0 Å². The molecule has 0 bridgehead atoms. The molecule has 0 radical (unpaired) electrons. The number of carbonyl (C=O) groups is 1. The molecular weight excluding hydrogens is 385 g/mol. The smallest absolute Gasteiger partial charge is 0.492 e. The second kappa shape index (κ2) is 9.48. The Morgan fingerprint density at radius 3 is 2.26 bits per heavy atom. The summed E-state index contributed by atoms with van der Waals surface area (Å²) < 4.78 is 45.6. The first-order valence-electron chi connectivity index (χ1n) is 7.94. The Bertz CT molecular complexity index is 737. The fraction of sp³-hybridized carbons (Fsp3) is 0.278. The van der Waals surface area contributed by atoms with Crippen LogP contribution in [0.1, 0.15) is 0 Å². The van der Waals surface area contributed by atoms with Gasteiger partial charge in [-0.05, 0) is 55.6 Å². The summed E-state index contributed by atoms with van der Waals surface area (Å²) in [6.07, 6.45) is -4.75. The highest BCUT2D eigenvalue weighted by Gasteiger charge is 2.30. The van der Waals surface area contributed by atoms with Gasteiger partial charge in [-0.1, -0.05) is 11.6 Å². The molecule has 0 aromatic heterocycles. The maximum absolute atomic E-state index is 12.1. The van der Waals surface area contributed by atoms with Crippen LogP contribution in [0.25, 0.3) is 0 Å². The van der Waals surface area contributed by atoms with Crippen molar-refractivity contribution >= 4 is 23.2 Å². The van der Waals surface area contributed by atoms with Gasteiger partial charge in [0.05, 0.1) is 6.54 Å². The van der Waals surface area contributed by atoms with Crippen LogP contribution in [-0.2, 0) is 4.79 Å². The summed E-state index contributed by atoms with van der Waals surface area (Å²) >= 11 is 5.79. The molecular formula is C18H18ClF3N2O3. The number of alkyl halides is 3. The van der Waals surface area contributed by atoms with Gasteiger partial charge in [-0.25, -0.2) is 0 Å². The molecule has 0 heterocycles. The van der Waals surface area contributed by atoms with Gasteiger partial charge < -0.3 is 14.8 Å². The number of nitrogens with one attached hydrogen (secondary N) is 1. The van der Waals surface area contributed by atoms with E-state index in [9.17, 15) is 18.0 Å². The molecule has 0 saturated heterocycles. The summed E-state index contributed by atoms with van der Waals surface area (Å²) in [4.78, 5) is 13.7. The van der Waals surface area contributed by atoms with Crippen molar-refractivity contribution in [3.05, 3.63) is 53.6 Å². The van der Waals surface area contributed by atoms with E-state index in [2.05, 4.69) is 10.1 Å². The van der Waals surface area contributed by atoms with Gasteiger partial charge in [0.1, 0.15) is 18.1 Å². The molecule has 0 aliphatic carbocycles. The number of hydrogen-bond acceptors (Lipinski definition) is 4. The van der Waals surface area contributed by atoms with E-state index in [1.54, 1.807) is 36.2 Å². The minimum Gasteiger partial charge on any atom is -0.492 e. The van der Waals surface area contributed by atoms with E-state index in [4.69, 9.17) is 16.3 Å². The molecule has 0 saturated carbocycles. The molecule has 2 aromatic rings. The Kier molecular flexibility index (Phi) is 7.32. The van der Waals surface area contributed by atoms with E-state index in [0.717, 1.165) is 12.1 Å². The third kappa shape index (κ3) is 8.19. The maximum Gasteiger partial charge on any atom is 0.573 e. The molecule has 0 aliphatic rings. The highest BCUT2D eigenvalue weighted by atomic mass is 35.5. The van der Waals surface area contributed by atoms with E-state index in [0.29, 0.717) is 29.6 Å². The largest absolute Gasteiger partial charge is 0.573 e. The van der Waals surface area contributed by atoms with Crippen molar-refractivity contribution in [1.82, 2.24) is 4.90 Å². The number of amides is 1. The molecule has 2 aromatic carbocycles. The number of halogens is 4. The zero-order valence-corrected chi connectivity index (χ0v) is 15.2. The van der Waals surface area contributed by atoms with E-state index in [-0.39, 0.29) is 18.2 Å². The van der Waals surface area contributed by atoms with Crippen LogP contribution < -0.4 is 14.8 Å². The van der Waals surface area contributed by atoms with E-state index in [1.165, 1.54) is 12.1 Å². The lowest BCUT2D eigenvalue weighted by Gasteiger charge is -2.17. The summed E-state index contributed by atoms with van der Waals surface area (Å²) in [5, 5.41) is 3.22. The summed E-state index contributed by atoms with van der Waals surface area (Å²) in [6.45, 7) is 0.994. The normalized spacial score (nSPS) is 11.3. The zero-order chi connectivity index (χ0) is 19.9. The Hall–Kier alpha value is -2.45. The summed E-state index contributed by atoms with van der Waals surface area (Å²) in [5.74, 6) is 0.0314. The average Bonchev–Trinajstić information content (AvgIpc) is 2.57. The van der Waals surface area contributed by atoms with Crippen molar-refractivity contribution in [3.8, 4) is 11.5 Å². The lowest BCUT2D eigenvalue weighted by Crippen LogP contribution is -2.33. The molecule has 27 heavy (non-hydrogen) atoms. The van der Waals surface area contributed by atoms with Crippen molar-refractivity contribution in [3.63, 3.8) is 0 Å². The SMILES string of the molecule is CN(CCOc1ccc(Cl)cc1)CC(=O)Nc1ccc(OC(F)(F)F)cc1. The van der Waals surface area contributed by atoms with Gasteiger partial charge in [0.2, 0.25) is 5.91 Å². The molecule has 146 valence electrons. The van der Waals surface area contributed by atoms with Crippen LogP contribution in [0.2, 0.25) is 5.02 Å². The first-order chi connectivity index (χ1) is 12.7. The third-order valence-corrected chi connectivity index (χ3v) is 3.59. The Morgan fingerprint density at radius 2 is 1.67 bits per heavy atom. The van der Waals surface area contributed by atoms with Crippen LogP contribution in [0.3, 0.4) is 0 Å². The molecule has 0 atom stereocenters. The molecule has 2 rings (SSSR count). The molecule has 5 nitrogen and oxygen atoms in total. The van der Waals surface area contributed by atoms with Crippen LogP contribution >= 0.6 is 11.6 Å². The van der Waals surface area contributed by atoms with Crippen molar-refractivity contribution < 1.29 is 27.4 Å². The van der Waals surface area contributed by atoms with E-state index < -0.39 is 6.36 Å². The molecule has 0 unspecified atom stereocenters. The Morgan fingerprint density at radius 1 is 1.07 bits per heavy atom. The first kappa shape index (κ1) is 20.9. The highest BCUT2D eigenvalue weighted by molar-refractivity contribution is 6.30. The molecule has 1 amide bonds. The number of likely N-dealkylation sites (N-methyl/N-ethyl adjacent to an activating group) is 1. The number of ether oxygens (including phenoxy) is 2. The van der Waals surface area contributed by atoms with Gasteiger partial charge in [-0.15, -0.1) is 13.2 Å². The van der Waals surface area contributed by atoms with Gasteiger partial charge in [0.15, 0.2) is 0 Å². The maximum atomic E-state index is 12.1. The standard InChI is InChI=1S/C18H18ClF3N2O3/c1-24(10-11-26-15-6-2-13(19)3-7-15)12-17(25)23-14-4-8-16(9-5-14)27-18(20,21)22/h2-9H,10-12H2,1H3,(H,23,25). The van der Waals surface area contributed by atoms with Gasteiger partial charge >= 0.3 is 6.36 Å². The summed E-state index contributed by atoms with van der Waals surface area (Å²) in [7, 11) is 1.76. The molecule has 0 spiro atoms. The lowest BCUT2D eigenvalue weighted by atomic mass is 10.3. The Balaban J connectivity index is 1.72. The van der Waals surface area contributed by atoms with Gasteiger partial charge in [-0.2, -0.15) is 0 Å². The summed E-state index contributed by atoms with van der Waals surface area (Å²) in [5.41, 5.74) is 0.375. The van der Waals surface area contributed by atoms with Gasteiger partial charge in [0, 0.05) is 17.3 Å². The predicted molar refractivity (Wildman–Crippen MR) is 96.2 cm³/mol. The van der Waals surface area contributed by atoms with Crippen molar-refractivity contribution in [2.75, 3.05) is 32.1 Å². The molecule has 9 heteroatoms. The number of nitrogens with zero attached hydrogens (tertiary/aromatic N) is 1. The van der Waals surface area contributed by atoms with Crippen LogP contribution in [0.5, 0.6) is 11.5 Å². The van der Waals surface area contributed by atoms with Crippen LogP contribution in [0.4, 0.5) is 18.9 Å². The fourth-order valence-corrected chi connectivity index (χ4v) is 2.24. The molecule has 0 aliphatic heterocycles. The second-order valence-corrected chi connectivity index (χ2v) is 6.10. The second-order valence-electron chi connectivity index (χ2n) is 5.66. The lowest BCUT2D eigenvalue weighted by molar-refractivity contribution is -0.274. The van der Waals surface area contributed by atoms with Crippen molar-refractivity contribution in [2.45, 2.75) is 6.36 Å².